The predicted molar refractivity (Wildman–Crippen MR) is 91.3 cm³/mol. The molecule has 0 N–H and O–H groups in total. The van der Waals surface area contributed by atoms with E-state index >= 15 is 0 Å². The molecule has 2 heterocycles. The quantitative estimate of drug-likeness (QED) is 0.626. The molecule has 23 heavy (non-hydrogen) atoms. The lowest BCUT2D eigenvalue weighted by Gasteiger charge is -2.27. The van der Waals surface area contributed by atoms with Crippen LogP contribution in [-0.4, -0.2) is 29.6 Å². The maximum absolute atomic E-state index is 12.5. The smallest absolute Gasteiger partial charge is 0.197 e. The number of benzene rings is 1. The Morgan fingerprint density at radius 1 is 1.00 bits per heavy atom. The average molecular weight is 324 g/mol. The fourth-order valence-electron chi connectivity index (χ4n) is 3.23. The summed E-state index contributed by atoms with van der Waals surface area (Å²) in [7, 11) is 0. The van der Waals surface area contributed by atoms with Gasteiger partial charge in [-0.15, -0.1) is 11.3 Å². The van der Waals surface area contributed by atoms with Gasteiger partial charge in [-0.2, -0.15) is 0 Å². The summed E-state index contributed by atoms with van der Waals surface area (Å²) in [5.74, 6) is 0.547. The van der Waals surface area contributed by atoms with Gasteiger partial charge >= 0.3 is 0 Å². The summed E-state index contributed by atoms with van der Waals surface area (Å²) >= 11 is 1.48. The molecule has 1 fully saturated rings. The Balaban J connectivity index is 1.71. The number of nitrogens with zero attached hydrogens (tertiary/aromatic N) is 2. The van der Waals surface area contributed by atoms with Gasteiger partial charge in [0.25, 0.3) is 0 Å². The molecule has 1 aliphatic carbocycles. The first-order valence-corrected chi connectivity index (χ1v) is 8.72. The van der Waals surface area contributed by atoms with Gasteiger partial charge in [0.2, 0.25) is 0 Å². The zero-order valence-electron chi connectivity index (χ0n) is 12.6. The van der Waals surface area contributed by atoms with E-state index in [1.54, 1.807) is 35.9 Å². The fraction of sp³-hybridized carbons (Fsp3) is 0.278. The van der Waals surface area contributed by atoms with Gasteiger partial charge in [0.1, 0.15) is 5.82 Å². The molecule has 0 saturated carbocycles. The van der Waals surface area contributed by atoms with Crippen LogP contribution in [0, 0.1) is 0 Å². The normalized spacial score (nSPS) is 17.6. The third kappa shape index (κ3) is 2.41. The lowest BCUT2D eigenvalue weighted by atomic mass is 10.1. The minimum Gasteiger partial charge on any atom is -0.355 e. The molecule has 2 aromatic rings. The fourth-order valence-corrected chi connectivity index (χ4v) is 3.96. The predicted octanol–water partition coefficient (Wildman–Crippen LogP) is 3.60. The molecule has 0 atom stereocenters. The van der Waals surface area contributed by atoms with E-state index in [0.717, 1.165) is 36.6 Å². The van der Waals surface area contributed by atoms with E-state index in [0.29, 0.717) is 11.1 Å². The van der Waals surface area contributed by atoms with Crippen molar-refractivity contribution in [3.05, 3.63) is 51.4 Å². The Hall–Kier alpha value is -2.27. The molecule has 1 aromatic heterocycles. The van der Waals surface area contributed by atoms with Gasteiger partial charge in [-0.05, 0) is 25.3 Å². The monoisotopic (exact) mass is 324 g/mol. The SMILES string of the molecule is O=C1C(=Cc2scnc2N2CCCCC2)C(=O)c2ccccc21. The van der Waals surface area contributed by atoms with E-state index < -0.39 is 0 Å². The number of thiazole rings is 1. The lowest BCUT2D eigenvalue weighted by Crippen LogP contribution is -2.30. The summed E-state index contributed by atoms with van der Waals surface area (Å²) in [5, 5.41) is 0. The van der Waals surface area contributed by atoms with Crippen LogP contribution in [0.2, 0.25) is 0 Å². The minimum absolute atomic E-state index is 0.177. The number of carbonyl (C=O) groups excluding carboxylic acids is 2. The summed E-state index contributed by atoms with van der Waals surface area (Å²) < 4.78 is 0. The van der Waals surface area contributed by atoms with Crippen molar-refractivity contribution in [3.8, 4) is 0 Å². The van der Waals surface area contributed by atoms with E-state index in [-0.39, 0.29) is 17.1 Å². The van der Waals surface area contributed by atoms with Gasteiger partial charge in [-0.25, -0.2) is 4.98 Å². The zero-order chi connectivity index (χ0) is 15.8. The van der Waals surface area contributed by atoms with Crippen LogP contribution in [0.5, 0.6) is 0 Å². The number of allylic oxidation sites excluding steroid dienone is 1. The highest BCUT2D eigenvalue weighted by atomic mass is 32.1. The Kier molecular flexibility index (Phi) is 3.58. The maximum atomic E-state index is 12.5. The standard InChI is InChI=1S/C18H16N2O2S/c21-16-12-6-2-3-7-13(12)17(22)14(16)10-15-18(19-11-23-15)20-8-4-1-5-9-20/h2-3,6-7,10-11H,1,4-5,8-9H2. The van der Waals surface area contributed by atoms with Gasteiger partial charge < -0.3 is 4.90 Å². The van der Waals surface area contributed by atoms with E-state index in [9.17, 15) is 9.59 Å². The van der Waals surface area contributed by atoms with Gasteiger partial charge in [0.15, 0.2) is 11.6 Å². The minimum atomic E-state index is -0.177. The number of hydrogen-bond acceptors (Lipinski definition) is 5. The highest BCUT2D eigenvalue weighted by molar-refractivity contribution is 7.11. The second kappa shape index (κ2) is 5.74. The van der Waals surface area contributed by atoms with E-state index in [4.69, 9.17) is 0 Å². The first-order valence-electron chi connectivity index (χ1n) is 7.84. The van der Waals surface area contributed by atoms with Crippen molar-refractivity contribution in [1.82, 2.24) is 4.98 Å². The molecule has 4 rings (SSSR count). The number of anilines is 1. The second-order valence-corrected chi connectivity index (χ2v) is 6.74. The molecule has 116 valence electrons. The van der Waals surface area contributed by atoms with Crippen molar-refractivity contribution in [1.29, 1.82) is 0 Å². The molecule has 1 saturated heterocycles. The van der Waals surface area contributed by atoms with Crippen LogP contribution in [-0.2, 0) is 0 Å². The van der Waals surface area contributed by atoms with Crippen molar-refractivity contribution < 1.29 is 9.59 Å². The summed E-state index contributed by atoms with van der Waals surface area (Å²) in [6, 6.07) is 7.01. The number of piperidine rings is 1. The molecule has 4 nitrogen and oxygen atoms in total. The molecule has 0 amide bonds. The number of hydrogen-bond donors (Lipinski definition) is 0. The topological polar surface area (TPSA) is 50.3 Å². The Morgan fingerprint density at radius 2 is 1.65 bits per heavy atom. The third-order valence-corrected chi connectivity index (χ3v) is 5.18. The average Bonchev–Trinajstić information content (AvgIpc) is 3.15. The molecule has 5 heteroatoms. The van der Waals surface area contributed by atoms with Crippen LogP contribution in [0.3, 0.4) is 0 Å². The number of aromatic nitrogens is 1. The van der Waals surface area contributed by atoms with E-state index in [2.05, 4.69) is 9.88 Å². The van der Waals surface area contributed by atoms with Crippen molar-refractivity contribution in [2.75, 3.05) is 18.0 Å². The summed E-state index contributed by atoms with van der Waals surface area (Å²) in [4.78, 5) is 32.6. The van der Waals surface area contributed by atoms with Crippen molar-refractivity contribution in [3.63, 3.8) is 0 Å². The van der Waals surface area contributed by atoms with Crippen LogP contribution in [0.4, 0.5) is 5.82 Å². The molecule has 0 bridgehead atoms. The van der Waals surface area contributed by atoms with Crippen molar-refractivity contribution >= 4 is 34.8 Å². The highest BCUT2D eigenvalue weighted by Gasteiger charge is 2.33. The Bertz CT molecular complexity index is 779. The van der Waals surface area contributed by atoms with Crippen LogP contribution in [0.15, 0.2) is 35.3 Å². The van der Waals surface area contributed by atoms with Crippen LogP contribution in [0.1, 0.15) is 44.9 Å². The number of rotatable bonds is 2. The zero-order valence-corrected chi connectivity index (χ0v) is 13.4. The van der Waals surface area contributed by atoms with Crippen LogP contribution < -0.4 is 4.90 Å². The van der Waals surface area contributed by atoms with Crippen LogP contribution >= 0.6 is 11.3 Å². The summed E-state index contributed by atoms with van der Waals surface area (Å²) in [6.45, 7) is 1.98. The number of Topliss-reactive ketones (excluding diaryl/α,β-unsaturated/α-hetero) is 2. The molecule has 0 unspecified atom stereocenters. The first kappa shape index (κ1) is 14.3. The van der Waals surface area contributed by atoms with Crippen molar-refractivity contribution in [2.24, 2.45) is 0 Å². The van der Waals surface area contributed by atoms with Gasteiger partial charge in [0, 0.05) is 24.2 Å². The maximum Gasteiger partial charge on any atom is 0.197 e. The Labute approximate surface area is 138 Å². The second-order valence-electron chi connectivity index (χ2n) is 5.85. The molecular weight excluding hydrogens is 308 g/mol. The third-order valence-electron chi connectivity index (χ3n) is 4.41. The Morgan fingerprint density at radius 3 is 2.30 bits per heavy atom. The molecule has 2 aliphatic rings. The summed E-state index contributed by atoms with van der Waals surface area (Å²) in [5.41, 5.74) is 3.06. The lowest BCUT2D eigenvalue weighted by molar-refractivity contribution is 0.0990. The van der Waals surface area contributed by atoms with Crippen LogP contribution in [0.25, 0.3) is 6.08 Å². The first-order chi connectivity index (χ1) is 11.3. The number of ketones is 2. The molecule has 0 spiro atoms. The van der Waals surface area contributed by atoms with Crippen molar-refractivity contribution in [2.45, 2.75) is 19.3 Å². The number of fused-ring (bicyclic) bond motifs is 1. The molecular formula is C18H16N2O2S. The molecule has 1 aromatic carbocycles. The number of carbonyl (C=O) groups is 2. The molecule has 1 aliphatic heterocycles. The van der Waals surface area contributed by atoms with E-state index in [1.165, 1.54) is 17.8 Å². The van der Waals surface area contributed by atoms with Gasteiger partial charge in [-0.3, -0.25) is 9.59 Å². The van der Waals surface area contributed by atoms with Gasteiger partial charge in [0.05, 0.1) is 16.0 Å². The van der Waals surface area contributed by atoms with E-state index in [1.807, 2.05) is 0 Å². The van der Waals surface area contributed by atoms with Gasteiger partial charge in [-0.1, -0.05) is 24.3 Å². The highest BCUT2D eigenvalue weighted by Crippen LogP contribution is 2.32. The molecule has 0 radical (unpaired) electrons. The largest absolute Gasteiger partial charge is 0.355 e. The summed E-state index contributed by atoms with van der Waals surface area (Å²) in [6.07, 6.45) is 5.31.